The lowest BCUT2D eigenvalue weighted by atomic mass is 10.2. The third kappa shape index (κ3) is 6.11. The number of hydrogen-bond acceptors (Lipinski definition) is 6. The number of hydrogen-bond donors (Lipinski definition) is 2. The molecule has 0 aliphatic carbocycles. The van der Waals surface area contributed by atoms with E-state index >= 15 is 0 Å². The molecule has 3 aromatic rings. The van der Waals surface area contributed by atoms with E-state index in [1.807, 2.05) is 0 Å². The van der Waals surface area contributed by atoms with Crippen molar-refractivity contribution in [1.82, 2.24) is 15.4 Å². The maximum absolute atomic E-state index is 12.7. The molecular formula is C22H16ClF3N4O3S. The minimum Gasteiger partial charge on any atom is -0.290 e. The first-order valence-corrected chi connectivity index (χ1v) is 11.6. The van der Waals surface area contributed by atoms with Crippen LogP contribution in [0.3, 0.4) is 0 Å². The van der Waals surface area contributed by atoms with Gasteiger partial charge in [0.15, 0.2) is 21.5 Å². The van der Waals surface area contributed by atoms with Gasteiger partial charge in [-0.3, -0.25) is 15.7 Å². The SMILES string of the molecule is CCS(=O)(=O)c1cc(C#Cc2ccc(Cl)cc2)cnc1C(=Nc1ccc(C(F)(F)F)cn1)NO. The first-order valence-electron chi connectivity index (χ1n) is 9.56. The predicted octanol–water partition coefficient (Wildman–Crippen LogP) is 4.40. The number of rotatable bonds is 4. The van der Waals surface area contributed by atoms with Crippen molar-refractivity contribution in [3.8, 4) is 11.8 Å². The van der Waals surface area contributed by atoms with Crippen LogP contribution in [0.25, 0.3) is 0 Å². The number of alkyl halides is 3. The van der Waals surface area contributed by atoms with Crippen molar-refractivity contribution in [2.75, 3.05) is 5.75 Å². The number of sulfone groups is 1. The first-order chi connectivity index (χ1) is 16.0. The molecule has 2 aromatic heterocycles. The molecule has 0 atom stereocenters. The molecule has 3 rings (SSSR count). The second-order valence-corrected chi connectivity index (χ2v) is 9.39. The van der Waals surface area contributed by atoms with Gasteiger partial charge in [-0.15, -0.1) is 0 Å². The highest BCUT2D eigenvalue weighted by Crippen LogP contribution is 2.29. The van der Waals surface area contributed by atoms with Gasteiger partial charge < -0.3 is 0 Å². The van der Waals surface area contributed by atoms with Crippen LogP contribution in [-0.2, 0) is 16.0 Å². The fourth-order valence-corrected chi connectivity index (χ4v) is 3.81. The Hall–Kier alpha value is -3.46. The summed E-state index contributed by atoms with van der Waals surface area (Å²) in [7, 11) is -3.86. The Morgan fingerprint density at radius 1 is 1.09 bits per heavy atom. The molecular weight excluding hydrogens is 493 g/mol. The Morgan fingerprint density at radius 3 is 2.32 bits per heavy atom. The second-order valence-electron chi connectivity index (χ2n) is 6.71. The van der Waals surface area contributed by atoms with E-state index in [-0.39, 0.29) is 27.7 Å². The highest BCUT2D eigenvalue weighted by Gasteiger charge is 2.30. The monoisotopic (exact) mass is 508 g/mol. The van der Waals surface area contributed by atoms with E-state index in [2.05, 4.69) is 26.8 Å². The average Bonchev–Trinajstić information content (AvgIpc) is 2.82. The quantitative estimate of drug-likeness (QED) is 0.234. The van der Waals surface area contributed by atoms with Gasteiger partial charge in [0.2, 0.25) is 0 Å². The van der Waals surface area contributed by atoms with Crippen molar-refractivity contribution in [3.05, 3.63) is 82.3 Å². The van der Waals surface area contributed by atoms with Crippen molar-refractivity contribution in [3.63, 3.8) is 0 Å². The van der Waals surface area contributed by atoms with Crippen LogP contribution in [0.5, 0.6) is 0 Å². The Bertz CT molecular complexity index is 1380. The summed E-state index contributed by atoms with van der Waals surface area (Å²) in [6.45, 7) is 1.42. The van der Waals surface area contributed by atoms with Gasteiger partial charge in [0.1, 0.15) is 5.69 Å². The van der Waals surface area contributed by atoms with Crippen LogP contribution in [0.1, 0.15) is 29.3 Å². The lowest BCUT2D eigenvalue weighted by molar-refractivity contribution is -0.137. The molecule has 1 aromatic carbocycles. The molecule has 0 unspecified atom stereocenters. The molecule has 0 aliphatic rings. The molecule has 2 N–H and O–H groups in total. The molecule has 0 amide bonds. The predicted molar refractivity (Wildman–Crippen MR) is 120 cm³/mol. The normalized spacial score (nSPS) is 12.1. The highest BCUT2D eigenvalue weighted by molar-refractivity contribution is 7.91. The number of nitrogens with zero attached hydrogens (tertiary/aromatic N) is 3. The summed E-state index contributed by atoms with van der Waals surface area (Å²) in [5.41, 5.74) is 1.42. The topological polar surface area (TPSA) is 105 Å². The van der Waals surface area contributed by atoms with Crippen LogP contribution < -0.4 is 5.48 Å². The molecule has 7 nitrogen and oxygen atoms in total. The molecule has 0 bridgehead atoms. The van der Waals surface area contributed by atoms with E-state index in [0.29, 0.717) is 16.8 Å². The van der Waals surface area contributed by atoms with Crippen molar-refractivity contribution in [2.45, 2.75) is 18.0 Å². The van der Waals surface area contributed by atoms with Gasteiger partial charge >= 0.3 is 6.18 Å². The number of amidine groups is 1. The van der Waals surface area contributed by atoms with Crippen LogP contribution >= 0.6 is 11.6 Å². The average molecular weight is 509 g/mol. The molecule has 0 fully saturated rings. The third-order valence-electron chi connectivity index (χ3n) is 4.39. The Kier molecular flexibility index (Phi) is 7.56. The second kappa shape index (κ2) is 10.2. The zero-order valence-corrected chi connectivity index (χ0v) is 19.0. The summed E-state index contributed by atoms with van der Waals surface area (Å²) < 4.78 is 63.6. The van der Waals surface area contributed by atoms with E-state index in [4.69, 9.17) is 11.6 Å². The Labute approximate surface area is 198 Å². The van der Waals surface area contributed by atoms with E-state index in [1.165, 1.54) is 19.2 Å². The van der Waals surface area contributed by atoms with Gasteiger partial charge in [-0.2, -0.15) is 13.2 Å². The number of pyridine rings is 2. The number of nitrogens with one attached hydrogen (secondary N) is 1. The number of halogens is 4. The van der Waals surface area contributed by atoms with Gasteiger partial charge in [0.05, 0.1) is 16.2 Å². The molecule has 12 heteroatoms. The highest BCUT2D eigenvalue weighted by atomic mass is 35.5. The lowest BCUT2D eigenvalue weighted by Gasteiger charge is -2.11. The fourth-order valence-electron chi connectivity index (χ4n) is 2.63. The zero-order valence-electron chi connectivity index (χ0n) is 17.4. The first kappa shape index (κ1) is 25.2. The molecule has 2 heterocycles. The summed E-state index contributed by atoms with van der Waals surface area (Å²) in [6.07, 6.45) is -2.74. The van der Waals surface area contributed by atoms with Crippen molar-refractivity contribution < 1.29 is 26.8 Å². The van der Waals surface area contributed by atoms with Gasteiger partial charge in [-0.1, -0.05) is 30.4 Å². The summed E-state index contributed by atoms with van der Waals surface area (Å²) in [6, 6.07) is 9.71. The number of hydroxylamine groups is 1. The van der Waals surface area contributed by atoms with Crippen LogP contribution in [-0.4, -0.2) is 35.2 Å². The summed E-state index contributed by atoms with van der Waals surface area (Å²) in [5, 5.41) is 10.1. The van der Waals surface area contributed by atoms with E-state index in [0.717, 1.165) is 12.1 Å². The van der Waals surface area contributed by atoms with Crippen LogP contribution in [0.4, 0.5) is 19.0 Å². The van der Waals surface area contributed by atoms with Gasteiger partial charge in [0, 0.05) is 28.5 Å². The van der Waals surface area contributed by atoms with Crippen LogP contribution in [0.2, 0.25) is 5.02 Å². The molecule has 0 spiro atoms. The maximum Gasteiger partial charge on any atom is 0.417 e. The summed E-state index contributed by atoms with van der Waals surface area (Å²) >= 11 is 5.85. The maximum atomic E-state index is 12.7. The number of benzene rings is 1. The third-order valence-corrected chi connectivity index (χ3v) is 6.39. The van der Waals surface area contributed by atoms with Gasteiger partial charge in [0.25, 0.3) is 0 Å². The van der Waals surface area contributed by atoms with Crippen molar-refractivity contribution in [2.24, 2.45) is 4.99 Å². The standard InChI is InChI=1S/C22H16ClF3N4O3S/c1-2-34(32,33)18-11-15(4-3-14-5-8-17(23)9-6-14)12-28-20(18)21(30-31)29-19-10-7-16(13-27-19)22(24,25)26/h5-13,31H,2H2,1H3,(H,27,29,30). The minimum absolute atomic E-state index is 0.210. The van der Waals surface area contributed by atoms with E-state index < -0.39 is 27.4 Å². The van der Waals surface area contributed by atoms with Crippen molar-refractivity contribution in [1.29, 1.82) is 0 Å². The molecule has 0 aliphatic heterocycles. The van der Waals surface area contributed by atoms with Gasteiger partial charge in [-0.25, -0.2) is 18.4 Å². The molecule has 0 saturated carbocycles. The molecule has 0 saturated heterocycles. The van der Waals surface area contributed by atoms with Crippen LogP contribution in [0, 0.1) is 11.8 Å². The fraction of sp³-hybridized carbons (Fsp3) is 0.136. The molecule has 0 radical (unpaired) electrons. The minimum atomic E-state index is -4.58. The molecule has 176 valence electrons. The summed E-state index contributed by atoms with van der Waals surface area (Å²) in [4.78, 5) is 11.3. The van der Waals surface area contributed by atoms with Crippen LogP contribution in [0.15, 0.2) is 64.7 Å². The Balaban J connectivity index is 2.05. The Morgan fingerprint density at radius 2 is 1.76 bits per heavy atom. The smallest absolute Gasteiger partial charge is 0.290 e. The van der Waals surface area contributed by atoms with E-state index in [1.54, 1.807) is 29.7 Å². The zero-order chi connectivity index (χ0) is 24.9. The largest absolute Gasteiger partial charge is 0.417 e. The lowest BCUT2D eigenvalue weighted by Crippen LogP contribution is -2.25. The number of aromatic nitrogens is 2. The van der Waals surface area contributed by atoms with Crippen molar-refractivity contribution >= 4 is 33.1 Å². The summed E-state index contributed by atoms with van der Waals surface area (Å²) in [5.74, 6) is 4.76. The van der Waals surface area contributed by atoms with Gasteiger partial charge in [-0.05, 0) is 42.5 Å². The van der Waals surface area contributed by atoms with E-state index in [9.17, 15) is 26.8 Å². The molecule has 34 heavy (non-hydrogen) atoms. The number of aliphatic imine (C=N–C) groups is 1.